The molecule has 0 amide bonds. The highest BCUT2D eigenvalue weighted by atomic mass is 19.1. The number of anilines is 1. The van der Waals surface area contributed by atoms with Crippen LogP contribution in [0.15, 0.2) is 59.4 Å². The van der Waals surface area contributed by atoms with E-state index in [-0.39, 0.29) is 22.3 Å². The number of pyridine rings is 1. The van der Waals surface area contributed by atoms with Crippen molar-refractivity contribution in [3.05, 3.63) is 76.7 Å². The molecule has 0 radical (unpaired) electrons. The molecule has 1 aliphatic heterocycles. The Morgan fingerprint density at radius 2 is 1.97 bits per heavy atom. The van der Waals surface area contributed by atoms with Crippen LogP contribution in [-0.2, 0) is 0 Å². The van der Waals surface area contributed by atoms with Crippen LogP contribution in [0.2, 0.25) is 0 Å². The zero-order chi connectivity index (χ0) is 21.4. The number of halogens is 1. The van der Waals surface area contributed by atoms with E-state index >= 15 is 0 Å². The molecule has 1 unspecified atom stereocenters. The number of piperidine rings is 1. The van der Waals surface area contributed by atoms with Gasteiger partial charge in [-0.05, 0) is 49.2 Å². The summed E-state index contributed by atoms with van der Waals surface area (Å²) in [6.45, 7) is 1.48. The first-order valence-electron chi connectivity index (χ1n) is 9.96. The van der Waals surface area contributed by atoms with E-state index in [9.17, 15) is 14.5 Å². The third kappa shape index (κ3) is 3.58. The molecule has 5 rings (SSSR count). The van der Waals surface area contributed by atoms with Gasteiger partial charge >= 0.3 is 0 Å². The molecule has 4 aromatic rings. The molecule has 3 heterocycles. The van der Waals surface area contributed by atoms with Gasteiger partial charge in [-0.2, -0.15) is 4.98 Å². The van der Waals surface area contributed by atoms with Crippen LogP contribution in [-0.4, -0.2) is 33.1 Å². The van der Waals surface area contributed by atoms with Crippen molar-refractivity contribution in [2.45, 2.75) is 18.8 Å². The fourth-order valence-corrected chi connectivity index (χ4v) is 4.11. The molecule has 1 atom stereocenters. The van der Waals surface area contributed by atoms with E-state index in [1.165, 1.54) is 24.4 Å². The summed E-state index contributed by atoms with van der Waals surface area (Å²) in [6.07, 6.45) is 4.99. The molecular weight excluding hydrogens is 401 g/mol. The normalized spacial score (nSPS) is 16.5. The van der Waals surface area contributed by atoms with Crippen molar-refractivity contribution in [1.82, 2.24) is 15.1 Å². The standard InChI is InChI=1S/C22H18FN5O3/c23-16-5-3-14(4-6-16)21-25-22(31-26-21)15-2-1-11-27(13-15)19-7-8-20(28(29)30)18-12-24-10-9-17(18)19/h3-10,12,15H,1-2,11,13H2. The largest absolute Gasteiger partial charge is 0.370 e. The highest BCUT2D eigenvalue weighted by molar-refractivity contribution is 5.99. The van der Waals surface area contributed by atoms with E-state index < -0.39 is 0 Å². The molecule has 1 fully saturated rings. The second kappa shape index (κ2) is 7.75. The van der Waals surface area contributed by atoms with Crippen molar-refractivity contribution in [2.24, 2.45) is 0 Å². The lowest BCUT2D eigenvalue weighted by molar-refractivity contribution is -0.383. The number of fused-ring (bicyclic) bond motifs is 1. The summed E-state index contributed by atoms with van der Waals surface area (Å²) >= 11 is 0. The van der Waals surface area contributed by atoms with Gasteiger partial charge < -0.3 is 9.42 Å². The molecule has 0 bridgehead atoms. The van der Waals surface area contributed by atoms with Crippen molar-refractivity contribution in [1.29, 1.82) is 0 Å². The Hall–Kier alpha value is -3.88. The molecular formula is C22H18FN5O3. The summed E-state index contributed by atoms with van der Waals surface area (Å²) in [5.41, 5.74) is 1.66. The zero-order valence-electron chi connectivity index (χ0n) is 16.4. The van der Waals surface area contributed by atoms with Gasteiger partial charge in [0.2, 0.25) is 11.7 Å². The van der Waals surface area contributed by atoms with Gasteiger partial charge in [0.25, 0.3) is 5.69 Å². The molecule has 0 spiro atoms. The van der Waals surface area contributed by atoms with Gasteiger partial charge in [0.15, 0.2) is 0 Å². The number of hydrogen-bond donors (Lipinski definition) is 0. The van der Waals surface area contributed by atoms with Gasteiger partial charge in [-0.25, -0.2) is 4.39 Å². The monoisotopic (exact) mass is 419 g/mol. The molecule has 2 aromatic carbocycles. The topological polar surface area (TPSA) is 98.2 Å². The van der Waals surface area contributed by atoms with Crippen LogP contribution in [0.3, 0.4) is 0 Å². The summed E-state index contributed by atoms with van der Waals surface area (Å²) in [6, 6.07) is 11.1. The van der Waals surface area contributed by atoms with Gasteiger partial charge in [0, 0.05) is 48.2 Å². The van der Waals surface area contributed by atoms with Crippen LogP contribution >= 0.6 is 0 Å². The molecule has 156 valence electrons. The maximum absolute atomic E-state index is 13.2. The molecule has 8 nitrogen and oxygen atoms in total. The Balaban J connectivity index is 1.43. The van der Waals surface area contributed by atoms with E-state index in [4.69, 9.17) is 4.52 Å². The van der Waals surface area contributed by atoms with Crippen LogP contribution in [0.5, 0.6) is 0 Å². The molecule has 0 N–H and O–H groups in total. The first kappa shape index (κ1) is 19.1. The van der Waals surface area contributed by atoms with Crippen LogP contribution in [0, 0.1) is 15.9 Å². The van der Waals surface area contributed by atoms with Crippen molar-refractivity contribution in [2.75, 3.05) is 18.0 Å². The second-order valence-corrected chi connectivity index (χ2v) is 7.53. The average molecular weight is 419 g/mol. The SMILES string of the molecule is O=[N+]([O-])c1ccc(N2CCCC(c3nc(-c4ccc(F)cc4)no3)C2)c2ccncc12. The Labute approximate surface area is 176 Å². The quantitative estimate of drug-likeness (QED) is 0.349. The average Bonchev–Trinajstić information content (AvgIpc) is 3.29. The van der Waals surface area contributed by atoms with Crippen LogP contribution in [0.25, 0.3) is 22.2 Å². The third-order valence-corrected chi connectivity index (χ3v) is 5.62. The fraction of sp³-hybridized carbons (Fsp3) is 0.227. The van der Waals surface area contributed by atoms with Crippen LogP contribution < -0.4 is 4.90 Å². The minimum Gasteiger partial charge on any atom is -0.370 e. The van der Waals surface area contributed by atoms with Crippen molar-refractivity contribution < 1.29 is 13.8 Å². The van der Waals surface area contributed by atoms with Gasteiger partial charge in [-0.15, -0.1) is 0 Å². The van der Waals surface area contributed by atoms with Crippen molar-refractivity contribution >= 4 is 22.1 Å². The first-order chi connectivity index (χ1) is 15.1. The van der Waals surface area contributed by atoms with Gasteiger partial charge in [0.05, 0.1) is 16.2 Å². The lowest BCUT2D eigenvalue weighted by atomic mass is 9.96. The Morgan fingerprint density at radius 1 is 1.13 bits per heavy atom. The molecule has 0 saturated carbocycles. The lowest BCUT2D eigenvalue weighted by Gasteiger charge is -2.33. The summed E-state index contributed by atoms with van der Waals surface area (Å²) in [4.78, 5) is 21.8. The maximum Gasteiger partial charge on any atom is 0.278 e. The molecule has 1 aliphatic rings. The van der Waals surface area contributed by atoms with E-state index in [0.717, 1.165) is 30.5 Å². The van der Waals surface area contributed by atoms with Crippen LogP contribution in [0.4, 0.5) is 15.8 Å². The highest BCUT2D eigenvalue weighted by Gasteiger charge is 2.28. The lowest BCUT2D eigenvalue weighted by Crippen LogP contribution is -2.34. The second-order valence-electron chi connectivity index (χ2n) is 7.53. The number of hydrogen-bond acceptors (Lipinski definition) is 7. The van der Waals surface area contributed by atoms with E-state index in [1.54, 1.807) is 30.5 Å². The van der Waals surface area contributed by atoms with Gasteiger partial charge in [0.1, 0.15) is 5.82 Å². The number of nitro benzene ring substituents is 1. The number of aromatic nitrogens is 3. The molecule has 31 heavy (non-hydrogen) atoms. The summed E-state index contributed by atoms with van der Waals surface area (Å²) in [7, 11) is 0. The number of benzene rings is 2. The minimum atomic E-state index is -0.387. The minimum absolute atomic E-state index is 0.0301. The zero-order valence-corrected chi connectivity index (χ0v) is 16.4. The summed E-state index contributed by atoms with van der Waals surface area (Å²) in [5.74, 6) is 0.680. The number of nitro groups is 1. The summed E-state index contributed by atoms with van der Waals surface area (Å²) in [5, 5.41) is 16.8. The number of nitrogens with zero attached hydrogens (tertiary/aromatic N) is 5. The van der Waals surface area contributed by atoms with Gasteiger partial charge in [-0.1, -0.05) is 5.16 Å². The third-order valence-electron chi connectivity index (χ3n) is 5.62. The Morgan fingerprint density at radius 3 is 2.77 bits per heavy atom. The highest BCUT2D eigenvalue weighted by Crippen LogP contribution is 2.36. The molecule has 2 aromatic heterocycles. The Kier molecular flexibility index (Phi) is 4.78. The number of rotatable bonds is 4. The smallest absolute Gasteiger partial charge is 0.278 e. The predicted octanol–water partition coefficient (Wildman–Crippen LogP) is 4.72. The van der Waals surface area contributed by atoms with E-state index in [1.807, 2.05) is 0 Å². The fourth-order valence-electron chi connectivity index (χ4n) is 4.11. The first-order valence-corrected chi connectivity index (χ1v) is 9.96. The summed E-state index contributed by atoms with van der Waals surface area (Å²) < 4.78 is 18.7. The molecule has 1 saturated heterocycles. The van der Waals surface area contributed by atoms with Crippen molar-refractivity contribution in [3.63, 3.8) is 0 Å². The Bertz CT molecular complexity index is 1260. The van der Waals surface area contributed by atoms with E-state index in [0.29, 0.717) is 29.2 Å². The van der Waals surface area contributed by atoms with E-state index in [2.05, 4.69) is 20.0 Å². The molecule has 0 aliphatic carbocycles. The van der Waals surface area contributed by atoms with Crippen LogP contribution in [0.1, 0.15) is 24.7 Å². The molecule has 9 heteroatoms. The predicted molar refractivity (Wildman–Crippen MR) is 112 cm³/mol. The van der Waals surface area contributed by atoms with Crippen molar-refractivity contribution in [3.8, 4) is 11.4 Å². The number of non-ortho nitro benzene ring substituents is 1. The van der Waals surface area contributed by atoms with Gasteiger partial charge in [-0.3, -0.25) is 15.1 Å². The maximum atomic E-state index is 13.2.